The summed E-state index contributed by atoms with van der Waals surface area (Å²) < 4.78 is 11.9. The summed E-state index contributed by atoms with van der Waals surface area (Å²) in [5, 5.41) is 17.5. The van der Waals surface area contributed by atoms with Crippen molar-refractivity contribution in [3.05, 3.63) is 16.8 Å². The number of halogens is 1. The van der Waals surface area contributed by atoms with E-state index in [0.717, 1.165) is 11.3 Å². The number of nitrogens with zero attached hydrogens (tertiary/aromatic N) is 3. The van der Waals surface area contributed by atoms with Crippen LogP contribution in [0, 0.1) is 25.2 Å². The van der Waals surface area contributed by atoms with Gasteiger partial charge in [0.15, 0.2) is 0 Å². The Morgan fingerprint density at radius 2 is 2.13 bits per heavy atom. The first-order chi connectivity index (χ1) is 7.20. The summed E-state index contributed by atoms with van der Waals surface area (Å²) in [6.45, 7) is 3.33. The van der Waals surface area contributed by atoms with Crippen LogP contribution in [0.5, 0.6) is 0 Å². The number of aryl methyl sites for hydroxylation is 1. The first kappa shape index (κ1) is 11.9. The Labute approximate surface area is 92.7 Å². The summed E-state index contributed by atoms with van der Waals surface area (Å²) in [5.41, 5.74) is 2.18. The molecule has 0 aliphatic carbocycles. The topological polar surface area (TPSA) is 49.6 Å². The molecule has 0 fully saturated rings. The van der Waals surface area contributed by atoms with Gasteiger partial charge in [0.2, 0.25) is 0 Å². The molecule has 0 atom stereocenters. The molecule has 0 spiro atoms. The molecule has 0 saturated carbocycles. The van der Waals surface area contributed by atoms with E-state index >= 15 is 0 Å². The van der Waals surface area contributed by atoms with Gasteiger partial charge in [-0.05, 0) is 25.8 Å². The van der Waals surface area contributed by atoms with Gasteiger partial charge < -0.3 is 0 Å². The highest BCUT2D eigenvalue weighted by molar-refractivity contribution is 7.99. The lowest BCUT2D eigenvalue weighted by atomic mass is 10.1. The van der Waals surface area contributed by atoms with Gasteiger partial charge in [0.1, 0.15) is 11.1 Å². The zero-order valence-electron chi connectivity index (χ0n) is 8.75. The van der Waals surface area contributed by atoms with Crippen LogP contribution in [0.1, 0.15) is 23.2 Å². The highest BCUT2D eigenvalue weighted by Gasteiger charge is 2.10. The largest absolute Gasteiger partial charge is 0.251 e. The number of thioether (sulfide) groups is 1. The zero-order chi connectivity index (χ0) is 11.3. The molecule has 0 radical (unpaired) electrons. The van der Waals surface area contributed by atoms with Gasteiger partial charge in [-0.25, -0.2) is 0 Å². The third-order valence-corrected chi connectivity index (χ3v) is 3.10. The summed E-state index contributed by atoms with van der Waals surface area (Å²) >= 11 is 1.38. The van der Waals surface area contributed by atoms with Gasteiger partial charge in [0.25, 0.3) is 0 Å². The molecule has 0 unspecified atom stereocenters. The zero-order valence-corrected chi connectivity index (χ0v) is 9.57. The number of alkyl halides is 1. The smallest absolute Gasteiger partial charge is 0.137 e. The Hall–Kier alpha value is -1.15. The van der Waals surface area contributed by atoms with Crippen LogP contribution >= 0.6 is 11.8 Å². The predicted octanol–water partition coefficient (Wildman–Crippen LogP) is 2.42. The maximum Gasteiger partial charge on any atom is 0.137 e. The molecule has 0 amide bonds. The van der Waals surface area contributed by atoms with Gasteiger partial charge in [0, 0.05) is 5.75 Å². The Balaban J connectivity index is 2.89. The van der Waals surface area contributed by atoms with Crippen molar-refractivity contribution >= 4 is 11.8 Å². The molecule has 80 valence electrons. The van der Waals surface area contributed by atoms with Crippen LogP contribution in [-0.4, -0.2) is 22.6 Å². The highest BCUT2D eigenvalue weighted by Crippen LogP contribution is 2.23. The maximum atomic E-state index is 11.9. The van der Waals surface area contributed by atoms with Crippen molar-refractivity contribution in [1.29, 1.82) is 5.26 Å². The molecule has 1 heterocycles. The van der Waals surface area contributed by atoms with E-state index in [0.29, 0.717) is 22.8 Å². The molecule has 15 heavy (non-hydrogen) atoms. The minimum Gasteiger partial charge on any atom is -0.251 e. The first-order valence-electron chi connectivity index (χ1n) is 4.63. The molecule has 0 aliphatic heterocycles. The third kappa shape index (κ3) is 2.90. The fourth-order valence-corrected chi connectivity index (χ4v) is 1.93. The molecule has 0 aromatic carbocycles. The number of rotatable bonds is 4. The minimum atomic E-state index is -0.340. The number of aromatic nitrogens is 2. The molecular weight excluding hydrogens is 213 g/mol. The lowest BCUT2D eigenvalue weighted by Crippen LogP contribution is -1.99. The average Bonchev–Trinajstić information content (AvgIpc) is 2.24. The van der Waals surface area contributed by atoms with E-state index in [9.17, 15) is 4.39 Å². The van der Waals surface area contributed by atoms with Gasteiger partial charge in [-0.15, -0.1) is 16.9 Å². The normalized spacial score (nSPS) is 10.0. The van der Waals surface area contributed by atoms with Crippen LogP contribution in [-0.2, 0) is 0 Å². The van der Waals surface area contributed by atoms with Crippen molar-refractivity contribution in [2.75, 3.05) is 12.4 Å². The number of hydrogen-bond donors (Lipinski definition) is 0. The minimum absolute atomic E-state index is 0.340. The van der Waals surface area contributed by atoms with E-state index in [1.54, 1.807) is 0 Å². The molecule has 0 N–H and O–H groups in total. The summed E-state index contributed by atoms with van der Waals surface area (Å²) in [5.74, 6) is 0.627. The van der Waals surface area contributed by atoms with Crippen molar-refractivity contribution in [1.82, 2.24) is 10.2 Å². The summed E-state index contributed by atoms with van der Waals surface area (Å²) in [4.78, 5) is 0. The molecule has 3 nitrogen and oxygen atoms in total. The monoisotopic (exact) mass is 225 g/mol. The third-order valence-electron chi connectivity index (χ3n) is 2.05. The SMILES string of the molecule is Cc1nnc(SCCCF)c(C#N)c1C. The van der Waals surface area contributed by atoms with Gasteiger partial charge in [-0.1, -0.05) is 0 Å². The van der Waals surface area contributed by atoms with Crippen molar-refractivity contribution in [3.63, 3.8) is 0 Å². The van der Waals surface area contributed by atoms with Crippen molar-refractivity contribution in [3.8, 4) is 6.07 Å². The van der Waals surface area contributed by atoms with Crippen LogP contribution < -0.4 is 0 Å². The van der Waals surface area contributed by atoms with Crippen LogP contribution in [0.2, 0.25) is 0 Å². The molecule has 1 rings (SSSR count). The van der Waals surface area contributed by atoms with E-state index in [1.165, 1.54) is 11.8 Å². The van der Waals surface area contributed by atoms with Crippen molar-refractivity contribution < 1.29 is 4.39 Å². The number of hydrogen-bond acceptors (Lipinski definition) is 4. The second-order valence-electron chi connectivity index (χ2n) is 3.09. The summed E-state index contributed by atoms with van der Waals surface area (Å²) in [7, 11) is 0. The fraction of sp³-hybridized carbons (Fsp3) is 0.500. The van der Waals surface area contributed by atoms with E-state index < -0.39 is 0 Å². The van der Waals surface area contributed by atoms with Crippen LogP contribution in [0.25, 0.3) is 0 Å². The molecule has 0 saturated heterocycles. The molecule has 0 aliphatic rings. The quantitative estimate of drug-likeness (QED) is 0.583. The van der Waals surface area contributed by atoms with Gasteiger partial charge in [0.05, 0.1) is 17.9 Å². The van der Waals surface area contributed by atoms with Gasteiger partial charge >= 0.3 is 0 Å². The predicted molar refractivity (Wildman–Crippen MR) is 57.5 cm³/mol. The van der Waals surface area contributed by atoms with E-state index in [4.69, 9.17) is 5.26 Å². The average molecular weight is 225 g/mol. The maximum absolute atomic E-state index is 11.9. The first-order valence-corrected chi connectivity index (χ1v) is 5.62. The van der Waals surface area contributed by atoms with Crippen LogP contribution in [0.3, 0.4) is 0 Å². The second kappa shape index (κ2) is 5.66. The Bertz CT molecular complexity index is 387. The molecule has 1 aromatic heterocycles. The molecular formula is C10H12FN3S. The fourth-order valence-electron chi connectivity index (χ4n) is 1.04. The van der Waals surface area contributed by atoms with Gasteiger partial charge in [-0.2, -0.15) is 10.4 Å². The lowest BCUT2D eigenvalue weighted by molar-refractivity contribution is 0.489. The summed E-state index contributed by atoms with van der Waals surface area (Å²) in [6, 6.07) is 2.11. The van der Waals surface area contributed by atoms with E-state index in [1.807, 2.05) is 13.8 Å². The van der Waals surface area contributed by atoms with Crippen LogP contribution in [0.15, 0.2) is 5.03 Å². The molecule has 1 aromatic rings. The Morgan fingerprint density at radius 1 is 1.40 bits per heavy atom. The Kier molecular flexibility index (Phi) is 4.50. The summed E-state index contributed by atoms with van der Waals surface area (Å²) in [6.07, 6.45) is 0.476. The Morgan fingerprint density at radius 3 is 2.73 bits per heavy atom. The molecule has 0 bridgehead atoms. The molecule has 5 heteroatoms. The number of nitriles is 1. The van der Waals surface area contributed by atoms with Crippen molar-refractivity contribution in [2.24, 2.45) is 0 Å². The highest BCUT2D eigenvalue weighted by atomic mass is 32.2. The van der Waals surface area contributed by atoms with Crippen LogP contribution in [0.4, 0.5) is 4.39 Å². The van der Waals surface area contributed by atoms with Gasteiger partial charge in [-0.3, -0.25) is 4.39 Å². The van der Waals surface area contributed by atoms with E-state index in [2.05, 4.69) is 16.3 Å². The standard InChI is InChI=1S/C10H12FN3S/c1-7-8(2)13-14-10(9(7)6-12)15-5-3-4-11/h3-5H2,1-2H3. The van der Waals surface area contributed by atoms with E-state index in [-0.39, 0.29) is 6.67 Å². The lowest BCUT2D eigenvalue weighted by Gasteiger charge is -2.05. The van der Waals surface area contributed by atoms with Crippen molar-refractivity contribution in [2.45, 2.75) is 25.3 Å². The second-order valence-corrected chi connectivity index (χ2v) is 4.18.